The first kappa shape index (κ1) is 18.8. The first-order valence-corrected chi connectivity index (χ1v) is 8.40. The van der Waals surface area contributed by atoms with Crippen molar-refractivity contribution in [1.82, 2.24) is 0 Å². The van der Waals surface area contributed by atoms with E-state index in [0.29, 0.717) is 11.3 Å². The predicted octanol–water partition coefficient (Wildman–Crippen LogP) is 3.94. The molecule has 140 valence electrons. The summed E-state index contributed by atoms with van der Waals surface area (Å²) in [7, 11) is 0. The molecule has 3 aromatic rings. The lowest BCUT2D eigenvalue weighted by Gasteiger charge is -2.08. The van der Waals surface area contributed by atoms with E-state index in [4.69, 9.17) is 4.74 Å². The predicted molar refractivity (Wildman–Crippen MR) is 106 cm³/mol. The van der Waals surface area contributed by atoms with Crippen LogP contribution in [0.5, 0.6) is 0 Å². The molecule has 3 aromatic carbocycles. The van der Waals surface area contributed by atoms with E-state index in [2.05, 4.69) is 5.32 Å². The van der Waals surface area contributed by atoms with E-state index < -0.39 is 23.4 Å². The largest absolute Gasteiger partial charge is 0.452 e. The third kappa shape index (κ3) is 4.79. The second kappa shape index (κ2) is 8.59. The van der Waals surface area contributed by atoms with Gasteiger partial charge in [0.25, 0.3) is 11.6 Å². The fourth-order valence-electron chi connectivity index (χ4n) is 2.61. The van der Waals surface area contributed by atoms with Gasteiger partial charge in [-0.25, -0.2) is 4.79 Å². The molecule has 0 aromatic heterocycles. The van der Waals surface area contributed by atoms with Gasteiger partial charge in [-0.3, -0.25) is 14.9 Å². The number of non-ortho nitro benzene ring substituents is 1. The van der Waals surface area contributed by atoms with Crippen molar-refractivity contribution in [2.75, 3.05) is 11.9 Å². The number of carbonyl (C=O) groups is 2. The number of nitro benzene ring substituents is 1. The van der Waals surface area contributed by atoms with Gasteiger partial charge in [-0.15, -0.1) is 0 Å². The van der Waals surface area contributed by atoms with Gasteiger partial charge in [0.15, 0.2) is 6.61 Å². The van der Waals surface area contributed by atoms with Gasteiger partial charge in [0.05, 0.1) is 4.92 Å². The number of anilines is 1. The van der Waals surface area contributed by atoms with Crippen molar-refractivity contribution < 1.29 is 19.2 Å². The van der Waals surface area contributed by atoms with Crippen molar-refractivity contribution in [2.45, 2.75) is 0 Å². The molecule has 0 unspecified atom stereocenters. The molecule has 0 fully saturated rings. The number of ether oxygens (including phenoxy) is 1. The van der Waals surface area contributed by atoms with Crippen LogP contribution in [0.2, 0.25) is 0 Å². The average molecular weight is 376 g/mol. The maximum atomic E-state index is 12.1. The summed E-state index contributed by atoms with van der Waals surface area (Å²) in [5.74, 6) is -1.19. The van der Waals surface area contributed by atoms with E-state index >= 15 is 0 Å². The minimum Gasteiger partial charge on any atom is -0.452 e. The topological polar surface area (TPSA) is 98.5 Å². The maximum absolute atomic E-state index is 12.1. The lowest BCUT2D eigenvalue weighted by Crippen LogP contribution is -2.20. The van der Waals surface area contributed by atoms with E-state index in [1.807, 2.05) is 36.4 Å². The molecule has 7 heteroatoms. The molecule has 1 amide bonds. The Hall–Kier alpha value is -4.00. The number of hydrogen-bond acceptors (Lipinski definition) is 5. The van der Waals surface area contributed by atoms with Crippen molar-refractivity contribution in [3.05, 3.63) is 88.5 Å². The Morgan fingerprint density at radius 3 is 2.61 bits per heavy atom. The lowest BCUT2D eigenvalue weighted by atomic mass is 10.1. The van der Waals surface area contributed by atoms with Gasteiger partial charge in [-0.1, -0.05) is 48.5 Å². The zero-order chi connectivity index (χ0) is 19.9. The number of benzene rings is 3. The van der Waals surface area contributed by atoms with Crippen molar-refractivity contribution in [3.63, 3.8) is 0 Å². The number of esters is 1. The highest BCUT2D eigenvalue weighted by Gasteiger charge is 2.08. The van der Waals surface area contributed by atoms with Crippen LogP contribution in [0, 0.1) is 10.1 Å². The summed E-state index contributed by atoms with van der Waals surface area (Å²) in [6.07, 6.45) is 2.50. The molecule has 0 bridgehead atoms. The molecular weight excluding hydrogens is 360 g/mol. The fourth-order valence-corrected chi connectivity index (χ4v) is 2.61. The van der Waals surface area contributed by atoms with Crippen LogP contribution in [0.15, 0.2) is 72.8 Å². The van der Waals surface area contributed by atoms with E-state index in [-0.39, 0.29) is 5.69 Å². The minimum atomic E-state index is -0.723. The third-order valence-electron chi connectivity index (χ3n) is 3.90. The SMILES string of the molecule is O=C(COC(=O)/C=C/c1cccc([N+](=O)[O-])c1)Nc1cccc2ccccc12. The maximum Gasteiger partial charge on any atom is 0.331 e. The van der Waals surface area contributed by atoms with Gasteiger partial charge in [-0.05, 0) is 23.1 Å². The highest BCUT2D eigenvalue weighted by molar-refractivity contribution is 6.03. The van der Waals surface area contributed by atoms with Gasteiger partial charge in [0.1, 0.15) is 0 Å². The van der Waals surface area contributed by atoms with Gasteiger partial charge in [-0.2, -0.15) is 0 Å². The molecule has 0 aliphatic carbocycles. The molecule has 0 spiro atoms. The summed E-state index contributed by atoms with van der Waals surface area (Å²) in [4.78, 5) is 34.1. The Morgan fingerprint density at radius 1 is 1.04 bits per heavy atom. The first-order chi connectivity index (χ1) is 13.5. The van der Waals surface area contributed by atoms with Crippen LogP contribution in [-0.2, 0) is 14.3 Å². The minimum absolute atomic E-state index is 0.0787. The highest BCUT2D eigenvalue weighted by Crippen LogP contribution is 2.22. The molecule has 0 aliphatic heterocycles. The number of fused-ring (bicyclic) bond motifs is 1. The van der Waals surface area contributed by atoms with Crippen LogP contribution in [0.3, 0.4) is 0 Å². The summed E-state index contributed by atoms with van der Waals surface area (Å²) >= 11 is 0. The summed E-state index contributed by atoms with van der Waals surface area (Å²) in [5.41, 5.74) is 1.03. The number of amides is 1. The van der Waals surface area contributed by atoms with Crippen LogP contribution in [-0.4, -0.2) is 23.4 Å². The average Bonchev–Trinajstić information content (AvgIpc) is 2.71. The molecule has 0 atom stereocenters. The number of hydrogen-bond donors (Lipinski definition) is 1. The normalized spacial score (nSPS) is 10.7. The van der Waals surface area contributed by atoms with Crippen molar-refractivity contribution >= 4 is 40.1 Å². The monoisotopic (exact) mass is 376 g/mol. The Kier molecular flexibility index (Phi) is 5.76. The Morgan fingerprint density at radius 2 is 1.79 bits per heavy atom. The summed E-state index contributed by atoms with van der Waals surface area (Å²) < 4.78 is 4.92. The number of nitro groups is 1. The summed E-state index contributed by atoms with van der Waals surface area (Å²) in [6.45, 7) is -0.443. The molecule has 28 heavy (non-hydrogen) atoms. The van der Waals surface area contributed by atoms with Crippen LogP contribution in [0.1, 0.15) is 5.56 Å². The second-order valence-corrected chi connectivity index (χ2v) is 5.87. The van der Waals surface area contributed by atoms with E-state index in [0.717, 1.165) is 16.8 Å². The van der Waals surface area contributed by atoms with Crippen LogP contribution < -0.4 is 5.32 Å². The molecule has 0 radical (unpaired) electrons. The van der Waals surface area contributed by atoms with E-state index in [1.54, 1.807) is 12.1 Å². The molecule has 0 saturated carbocycles. The fraction of sp³-hybridized carbons (Fsp3) is 0.0476. The Labute approximate surface area is 160 Å². The number of rotatable bonds is 6. The number of nitrogens with zero attached hydrogens (tertiary/aromatic N) is 1. The van der Waals surface area contributed by atoms with Crippen molar-refractivity contribution in [1.29, 1.82) is 0 Å². The van der Waals surface area contributed by atoms with E-state index in [1.165, 1.54) is 24.3 Å². The first-order valence-electron chi connectivity index (χ1n) is 8.40. The number of carbonyl (C=O) groups excluding carboxylic acids is 2. The summed E-state index contributed by atoms with van der Waals surface area (Å²) in [5, 5.41) is 15.3. The van der Waals surface area contributed by atoms with Gasteiger partial charge >= 0.3 is 5.97 Å². The van der Waals surface area contributed by atoms with Gasteiger partial charge in [0.2, 0.25) is 0 Å². The molecule has 0 heterocycles. The Balaban J connectivity index is 1.56. The highest BCUT2D eigenvalue weighted by atomic mass is 16.6. The van der Waals surface area contributed by atoms with Crippen LogP contribution >= 0.6 is 0 Å². The molecule has 3 rings (SSSR count). The Bertz CT molecular complexity index is 1070. The van der Waals surface area contributed by atoms with Gasteiger partial charge < -0.3 is 10.1 Å². The van der Waals surface area contributed by atoms with Crippen LogP contribution in [0.4, 0.5) is 11.4 Å². The van der Waals surface area contributed by atoms with E-state index in [9.17, 15) is 19.7 Å². The quantitative estimate of drug-likeness (QED) is 0.304. The molecular formula is C21H16N2O5. The summed E-state index contributed by atoms with van der Waals surface area (Å²) in [6, 6.07) is 18.9. The molecule has 1 N–H and O–H groups in total. The molecule has 0 aliphatic rings. The van der Waals surface area contributed by atoms with Gasteiger partial charge in [0, 0.05) is 29.3 Å². The smallest absolute Gasteiger partial charge is 0.331 e. The van der Waals surface area contributed by atoms with Crippen LogP contribution in [0.25, 0.3) is 16.8 Å². The second-order valence-electron chi connectivity index (χ2n) is 5.87. The number of nitrogens with one attached hydrogen (secondary N) is 1. The third-order valence-corrected chi connectivity index (χ3v) is 3.90. The zero-order valence-electron chi connectivity index (χ0n) is 14.7. The molecule has 0 saturated heterocycles. The standard InChI is InChI=1S/C21H16N2O5/c24-20(22-19-10-4-7-16-6-1-2-9-18(16)19)14-28-21(25)12-11-15-5-3-8-17(13-15)23(26)27/h1-13H,14H2,(H,22,24)/b12-11+. The van der Waals surface area contributed by atoms with Crippen molar-refractivity contribution in [3.8, 4) is 0 Å². The molecule has 7 nitrogen and oxygen atoms in total. The lowest BCUT2D eigenvalue weighted by molar-refractivity contribution is -0.384. The van der Waals surface area contributed by atoms with Crippen molar-refractivity contribution in [2.24, 2.45) is 0 Å². The zero-order valence-corrected chi connectivity index (χ0v) is 14.7.